The van der Waals surface area contributed by atoms with E-state index in [0.29, 0.717) is 6.54 Å². The summed E-state index contributed by atoms with van der Waals surface area (Å²) in [6.07, 6.45) is 6.33. The zero-order valence-corrected chi connectivity index (χ0v) is 9.99. The Morgan fingerprint density at radius 2 is 2.06 bits per heavy atom. The van der Waals surface area contributed by atoms with Gasteiger partial charge in [-0.3, -0.25) is 0 Å². The molecule has 0 saturated heterocycles. The van der Waals surface area contributed by atoms with Gasteiger partial charge in [0.15, 0.2) is 0 Å². The minimum Gasteiger partial charge on any atom is -0.489 e. The van der Waals surface area contributed by atoms with E-state index in [-0.39, 0.29) is 6.10 Å². The Morgan fingerprint density at radius 1 is 1.38 bits per heavy atom. The van der Waals surface area contributed by atoms with Crippen molar-refractivity contribution in [2.75, 3.05) is 13.1 Å². The van der Waals surface area contributed by atoms with Crippen molar-refractivity contribution >= 4 is 0 Å². The molecule has 0 aromatic heterocycles. The fourth-order valence-electron chi connectivity index (χ4n) is 1.43. The Labute approximate surface area is 98.0 Å². The van der Waals surface area contributed by atoms with Crippen LogP contribution in [0.25, 0.3) is 0 Å². The maximum atomic E-state index is 5.73. The monoisotopic (exact) mass is 217 g/mol. The van der Waals surface area contributed by atoms with Crippen LogP contribution in [0.1, 0.15) is 19.4 Å². The van der Waals surface area contributed by atoms with E-state index in [1.165, 1.54) is 5.56 Å². The molecule has 0 amide bonds. The Kier molecular flexibility index (Phi) is 5.45. The van der Waals surface area contributed by atoms with Crippen molar-refractivity contribution in [2.45, 2.75) is 26.4 Å². The third-order valence-corrected chi connectivity index (χ3v) is 2.33. The summed E-state index contributed by atoms with van der Waals surface area (Å²) >= 11 is 0. The van der Waals surface area contributed by atoms with Crippen LogP contribution in [0.4, 0.5) is 0 Å². The molecule has 1 unspecified atom stereocenters. The van der Waals surface area contributed by atoms with Gasteiger partial charge in [-0.1, -0.05) is 25.0 Å². The number of nitrogens with one attached hydrogen (secondary N) is 1. The molecule has 0 radical (unpaired) electrons. The molecule has 2 nitrogen and oxygen atoms in total. The fraction of sp³-hybridized carbons (Fsp3) is 0.429. The minimum atomic E-state index is 0.126. The smallest absolute Gasteiger partial charge is 0.119 e. The van der Waals surface area contributed by atoms with Crippen LogP contribution in [0.2, 0.25) is 0 Å². The number of aryl methyl sites for hydroxylation is 1. The molecule has 1 rings (SSSR count). The summed E-state index contributed by atoms with van der Waals surface area (Å²) < 4.78 is 5.73. The van der Waals surface area contributed by atoms with Gasteiger partial charge in [-0.05, 0) is 31.0 Å². The highest BCUT2D eigenvalue weighted by atomic mass is 16.5. The van der Waals surface area contributed by atoms with Crippen LogP contribution in [0, 0.1) is 12.3 Å². The van der Waals surface area contributed by atoms with Crippen molar-refractivity contribution in [2.24, 2.45) is 0 Å². The van der Waals surface area contributed by atoms with Crippen LogP contribution in [-0.2, 0) is 6.42 Å². The molecule has 16 heavy (non-hydrogen) atoms. The van der Waals surface area contributed by atoms with Crippen molar-refractivity contribution in [3.05, 3.63) is 29.8 Å². The van der Waals surface area contributed by atoms with Gasteiger partial charge in [-0.2, -0.15) is 0 Å². The van der Waals surface area contributed by atoms with Crippen LogP contribution in [0.15, 0.2) is 24.3 Å². The molecular weight excluding hydrogens is 198 g/mol. The Morgan fingerprint density at radius 3 is 2.62 bits per heavy atom. The van der Waals surface area contributed by atoms with E-state index in [1.807, 2.05) is 19.1 Å². The zero-order chi connectivity index (χ0) is 11.8. The van der Waals surface area contributed by atoms with Gasteiger partial charge in [0.05, 0.1) is 6.54 Å². The molecule has 0 fully saturated rings. The molecule has 0 saturated carbocycles. The van der Waals surface area contributed by atoms with Gasteiger partial charge in [0, 0.05) is 6.54 Å². The van der Waals surface area contributed by atoms with Crippen molar-refractivity contribution < 1.29 is 4.74 Å². The van der Waals surface area contributed by atoms with Gasteiger partial charge in [-0.25, -0.2) is 0 Å². The van der Waals surface area contributed by atoms with Gasteiger partial charge < -0.3 is 10.1 Å². The van der Waals surface area contributed by atoms with Crippen molar-refractivity contribution in [1.82, 2.24) is 5.32 Å². The van der Waals surface area contributed by atoms with Gasteiger partial charge >= 0.3 is 0 Å². The minimum absolute atomic E-state index is 0.126. The second-order valence-electron chi connectivity index (χ2n) is 3.76. The highest BCUT2D eigenvalue weighted by molar-refractivity contribution is 5.27. The highest BCUT2D eigenvalue weighted by Crippen LogP contribution is 2.13. The molecule has 0 aliphatic rings. The summed E-state index contributed by atoms with van der Waals surface area (Å²) in [4.78, 5) is 0. The Hall–Kier alpha value is -1.46. The van der Waals surface area contributed by atoms with Gasteiger partial charge in [-0.15, -0.1) is 6.42 Å². The summed E-state index contributed by atoms with van der Waals surface area (Å²) in [5.74, 6) is 3.44. The topological polar surface area (TPSA) is 21.3 Å². The van der Waals surface area contributed by atoms with Gasteiger partial charge in [0.25, 0.3) is 0 Å². The van der Waals surface area contributed by atoms with E-state index in [2.05, 4.69) is 30.3 Å². The van der Waals surface area contributed by atoms with E-state index in [9.17, 15) is 0 Å². The molecule has 1 atom stereocenters. The lowest BCUT2D eigenvalue weighted by molar-refractivity contribution is 0.219. The van der Waals surface area contributed by atoms with E-state index >= 15 is 0 Å². The zero-order valence-electron chi connectivity index (χ0n) is 9.99. The van der Waals surface area contributed by atoms with Crippen molar-refractivity contribution in [1.29, 1.82) is 0 Å². The molecule has 0 aliphatic heterocycles. The lowest BCUT2D eigenvalue weighted by Crippen LogP contribution is -2.29. The Balaban J connectivity index is 2.37. The van der Waals surface area contributed by atoms with Crippen LogP contribution < -0.4 is 10.1 Å². The second kappa shape index (κ2) is 6.92. The second-order valence-corrected chi connectivity index (χ2v) is 3.76. The largest absolute Gasteiger partial charge is 0.489 e. The lowest BCUT2D eigenvalue weighted by Gasteiger charge is -2.14. The summed E-state index contributed by atoms with van der Waals surface area (Å²) in [5, 5.41) is 3.12. The normalized spacial score (nSPS) is 11.8. The summed E-state index contributed by atoms with van der Waals surface area (Å²) in [6.45, 7) is 5.52. The van der Waals surface area contributed by atoms with Gasteiger partial charge in [0.2, 0.25) is 0 Å². The number of hydrogen-bond donors (Lipinski definition) is 1. The number of terminal acetylenes is 1. The first-order valence-electron chi connectivity index (χ1n) is 5.66. The first-order chi connectivity index (χ1) is 7.76. The fourth-order valence-corrected chi connectivity index (χ4v) is 1.43. The van der Waals surface area contributed by atoms with Crippen LogP contribution in [0.5, 0.6) is 5.75 Å². The third-order valence-electron chi connectivity index (χ3n) is 2.33. The summed E-state index contributed by atoms with van der Waals surface area (Å²) in [5.41, 5.74) is 1.32. The van der Waals surface area contributed by atoms with Crippen LogP contribution in [-0.4, -0.2) is 19.2 Å². The molecule has 86 valence electrons. The molecule has 1 aromatic rings. The summed E-state index contributed by atoms with van der Waals surface area (Å²) in [7, 11) is 0. The predicted molar refractivity (Wildman–Crippen MR) is 67.6 cm³/mol. The van der Waals surface area contributed by atoms with E-state index in [1.54, 1.807) is 0 Å². The SMILES string of the molecule is C#CCNCC(C)Oc1ccc(CC)cc1. The average Bonchev–Trinajstić information content (AvgIpc) is 2.30. The molecule has 0 spiro atoms. The third kappa shape index (κ3) is 4.37. The molecule has 0 heterocycles. The van der Waals surface area contributed by atoms with Crippen LogP contribution in [0.3, 0.4) is 0 Å². The number of ether oxygens (including phenoxy) is 1. The van der Waals surface area contributed by atoms with E-state index < -0.39 is 0 Å². The maximum absolute atomic E-state index is 5.73. The van der Waals surface area contributed by atoms with Crippen molar-refractivity contribution in [3.8, 4) is 18.1 Å². The average molecular weight is 217 g/mol. The molecule has 0 aliphatic carbocycles. The molecule has 2 heteroatoms. The first-order valence-corrected chi connectivity index (χ1v) is 5.66. The molecule has 1 aromatic carbocycles. The van der Waals surface area contributed by atoms with E-state index in [4.69, 9.17) is 11.2 Å². The number of benzene rings is 1. The Bertz CT molecular complexity index is 337. The lowest BCUT2D eigenvalue weighted by atomic mass is 10.2. The maximum Gasteiger partial charge on any atom is 0.119 e. The standard InChI is InChI=1S/C14H19NO/c1-4-10-15-11-12(3)16-14-8-6-13(5-2)7-9-14/h1,6-9,12,15H,5,10-11H2,2-3H3. The molecule has 1 N–H and O–H groups in total. The predicted octanol–water partition coefficient (Wildman–Crippen LogP) is 2.24. The van der Waals surface area contributed by atoms with Crippen LogP contribution >= 0.6 is 0 Å². The number of rotatable bonds is 6. The summed E-state index contributed by atoms with van der Waals surface area (Å²) in [6, 6.07) is 8.21. The van der Waals surface area contributed by atoms with E-state index in [0.717, 1.165) is 18.7 Å². The van der Waals surface area contributed by atoms with Gasteiger partial charge in [0.1, 0.15) is 11.9 Å². The van der Waals surface area contributed by atoms with Crippen molar-refractivity contribution in [3.63, 3.8) is 0 Å². The molecular formula is C14H19NO. The quantitative estimate of drug-likeness (QED) is 0.583. The number of hydrogen-bond acceptors (Lipinski definition) is 2. The first kappa shape index (κ1) is 12.6. The molecule has 0 bridgehead atoms. The highest BCUT2D eigenvalue weighted by Gasteiger charge is 2.02.